The van der Waals surface area contributed by atoms with E-state index in [9.17, 15) is 0 Å². The molecule has 0 atom stereocenters. The third-order valence-corrected chi connectivity index (χ3v) is 3.29. The molecular weight excluding hydrogens is 244 g/mol. The van der Waals surface area contributed by atoms with Crippen molar-refractivity contribution in [2.24, 2.45) is 0 Å². The topological polar surface area (TPSA) is 25.8 Å². The molecule has 18 heavy (non-hydrogen) atoms. The zero-order valence-corrected chi connectivity index (χ0v) is 11.5. The van der Waals surface area contributed by atoms with Gasteiger partial charge in [0.1, 0.15) is 5.15 Å². The molecule has 0 unspecified atom stereocenters. The fourth-order valence-electron chi connectivity index (χ4n) is 1.91. The zero-order valence-electron chi connectivity index (χ0n) is 10.8. The van der Waals surface area contributed by atoms with E-state index in [1.807, 2.05) is 37.3 Å². The van der Waals surface area contributed by atoms with E-state index in [4.69, 9.17) is 11.6 Å². The summed E-state index contributed by atoms with van der Waals surface area (Å²) in [6.45, 7) is 4.17. The summed E-state index contributed by atoms with van der Waals surface area (Å²) in [5, 5.41) is 0.592. The number of benzene rings is 1. The number of hydrogen-bond donors (Lipinski definition) is 0. The molecule has 0 radical (unpaired) electrons. The van der Waals surface area contributed by atoms with Gasteiger partial charge in [0.2, 0.25) is 0 Å². The monoisotopic (exact) mass is 260 g/mol. The van der Waals surface area contributed by atoms with E-state index in [-0.39, 0.29) is 0 Å². The van der Waals surface area contributed by atoms with E-state index in [0.29, 0.717) is 11.0 Å². The molecule has 0 aliphatic heterocycles. The molecule has 0 N–H and O–H groups in total. The second kappa shape index (κ2) is 5.96. The molecule has 0 aliphatic carbocycles. The van der Waals surface area contributed by atoms with Crippen molar-refractivity contribution in [2.45, 2.75) is 33.1 Å². The summed E-state index contributed by atoms with van der Waals surface area (Å²) in [5.41, 5.74) is 3.07. The molecule has 0 saturated heterocycles. The lowest BCUT2D eigenvalue weighted by Gasteiger charge is -2.09. The summed E-state index contributed by atoms with van der Waals surface area (Å²) in [4.78, 5) is 8.97. The lowest BCUT2D eigenvalue weighted by molar-refractivity contribution is 0.782. The Morgan fingerprint density at radius 2 is 1.83 bits per heavy atom. The van der Waals surface area contributed by atoms with Crippen LogP contribution in [0.5, 0.6) is 0 Å². The van der Waals surface area contributed by atoms with E-state index in [0.717, 1.165) is 36.1 Å². The van der Waals surface area contributed by atoms with Gasteiger partial charge in [-0.3, -0.25) is 0 Å². The molecule has 3 heteroatoms. The number of hydrogen-bond acceptors (Lipinski definition) is 2. The van der Waals surface area contributed by atoms with Crippen LogP contribution in [0.4, 0.5) is 0 Å². The Bertz CT molecular complexity index is 500. The largest absolute Gasteiger partial charge is 0.233 e. The predicted octanol–water partition coefficient (Wildman–Crippen LogP) is 4.45. The summed E-state index contributed by atoms with van der Waals surface area (Å²) in [5.74, 6) is 0.707. The minimum Gasteiger partial charge on any atom is -0.233 e. The van der Waals surface area contributed by atoms with Crippen molar-refractivity contribution in [2.75, 3.05) is 0 Å². The van der Waals surface area contributed by atoms with Crippen LogP contribution in [-0.4, -0.2) is 9.97 Å². The van der Waals surface area contributed by atoms with Gasteiger partial charge in [-0.05, 0) is 19.8 Å². The first-order valence-corrected chi connectivity index (χ1v) is 6.68. The van der Waals surface area contributed by atoms with Gasteiger partial charge in [-0.25, -0.2) is 9.97 Å². The lowest BCUT2D eigenvalue weighted by atomic mass is 10.1. The molecular formula is C15H17ClN2. The average Bonchev–Trinajstić information content (AvgIpc) is 2.39. The summed E-state index contributed by atoms with van der Waals surface area (Å²) in [6.07, 6.45) is 3.22. The molecule has 0 bridgehead atoms. The SMILES string of the molecule is CCCCc1c(C)nc(-c2ccccc2)nc1Cl. The Hall–Kier alpha value is -1.41. The molecule has 2 rings (SSSR count). The quantitative estimate of drug-likeness (QED) is 0.759. The highest BCUT2D eigenvalue weighted by atomic mass is 35.5. The standard InChI is InChI=1S/C15H17ClN2/c1-3-4-10-13-11(2)17-15(18-14(13)16)12-8-6-5-7-9-12/h5-9H,3-4,10H2,1-2H3. The van der Waals surface area contributed by atoms with Crippen molar-refractivity contribution >= 4 is 11.6 Å². The first kappa shape index (κ1) is 13.0. The first-order valence-electron chi connectivity index (χ1n) is 6.30. The van der Waals surface area contributed by atoms with Gasteiger partial charge >= 0.3 is 0 Å². The zero-order chi connectivity index (χ0) is 13.0. The second-order valence-electron chi connectivity index (χ2n) is 4.37. The maximum atomic E-state index is 6.27. The molecule has 0 spiro atoms. The molecule has 0 saturated carbocycles. The van der Waals surface area contributed by atoms with Crippen molar-refractivity contribution < 1.29 is 0 Å². The van der Waals surface area contributed by atoms with E-state index >= 15 is 0 Å². The normalized spacial score (nSPS) is 10.6. The van der Waals surface area contributed by atoms with E-state index in [1.165, 1.54) is 0 Å². The second-order valence-corrected chi connectivity index (χ2v) is 4.73. The molecule has 1 heterocycles. The minimum atomic E-state index is 0.592. The van der Waals surface area contributed by atoms with Crippen LogP contribution in [0.15, 0.2) is 30.3 Å². The molecule has 94 valence electrons. The van der Waals surface area contributed by atoms with Gasteiger partial charge in [0.05, 0.1) is 0 Å². The van der Waals surface area contributed by atoms with Gasteiger partial charge in [0, 0.05) is 16.8 Å². The Balaban J connectivity index is 2.36. The predicted molar refractivity (Wildman–Crippen MR) is 75.8 cm³/mol. The molecule has 2 aromatic rings. The fourth-order valence-corrected chi connectivity index (χ4v) is 2.23. The van der Waals surface area contributed by atoms with Crippen LogP contribution in [0.1, 0.15) is 31.0 Å². The van der Waals surface area contributed by atoms with E-state index < -0.39 is 0 Å². The highest BCUT2D eigenvalue weighted by molar-refractivity contribution is 6.30. The number of aryl methyl sites for hydroxylation is 1. The Kier molecular flexibility index (Phi) is 4.32. The van der Waals surface area contributed by atoms with Crippen molar-refractivity contribution in [3.05, 3.63) is 46.7 Å². The Morgan fingerprint density at radius 1 is 1.11 bits per heavy atom. The van der Waals surface area contributed by atoms with Gasteiger partial charge in [0.25, 0.3) is 0 Å². The van der Waals surface area contributed by atoms with Crippen LogP contribution in [0.2, 0.25) is 5.15 Å². The lowest BCUT2D eigenvalue weighted by Crippen LogP contribution is -2.00. The van der Waals surface area contributed by atoms with Crippen LogP contribution < -0.4 is 0 Å². The van der Waals surface area contributed by atoms with Crippen LogP contribution in [0.25, 0.3) is 11.4 Å². The first-order chi connectivity index (χ1) is 8.72. The van der Waals surface area contributed by atoms with Gasteiger partial charge in [-0.1, -0.05) is 55.3 Å². The van der Waals surface area contributed by atoms with Crippen LogP contribution in [0, 0.1) is 6.92 Å². The third-order valence-electron chi connectivity index (χ3n) is 2.98. The molecule has 0 amide bonds. The number of unbranched alkanes of at least 4 members (excludes halogenated alkanes) is 1. The van der Waals surface area contributed by atoms with Gasteiger partial charge in [0.15, 0.2) is 5.82 Å². The number of aromatic nitrogens is 2. The number of rotatable bonds is 4. The molecule has 0 aliphatic rings. The van der Waals surface area contributed by atoms with Crippen molar-refractivity contribution in [1.29, 1.82) is 0 Å². The number of halogens is 1. The highest BCUT2D eigenvalue weighted by Crippen LogP contribution is 2.23. The fraction of sp³-hybridized carbons (Fsp3) is 0.333. The summed E-state index contributed by atoms with van der Waals surface area (Å²) < 4.78 is 0. The molecule has 1 aromatic heterocycles. The average molecular weight is 261 g/mol. The summed E-state index contributed by atoms with van der Waals surface area (Å²) in [6, 6.07) is 9.93. The van der Waals surface area contributed by atoms with Crippen molar-refractivity contribution in [3.8, 4) is 11.4 Å². The maximum absolute atomic E-state index is 6.27. The van der Waals surface area contributed by atoms with Crippen LogP contribution in [0.3, 0.4) is 0 Å². The summed E-state index contributed by atoms with van der Waals surface area (Å²) in [7, 11) is 0. The van der Waals surface area contributed by atoms with Gasteiger partial charge in [-0.15, -0.1) is 0 Å². The van der Waals surface area contributed by atoms with Gasteiger partial charge < -0.3 is 0 Å². The molecule has 2 nitrogen and oxygen atoms in total. The van der Waals surface area contributed by atoms with Crippen molar-refractivity contribution in [1.82, 2.24) is 9.97 Å². The minimum absolute atomic E-state index is 0.592. The smallest absolute Gasteiger partial charge is 0.161 e. The van der Waals surface area contributed by atoms with E-state index in [1.54, 1.807) is 0 Å². The maximum Gasteiger partial charge on any atom is 0.161 e. The molecule has 0 fully saturated rings. The third kappa shape index (κ3) is 2.88. The van der Waals surface area contributed by atoms with Crippen LogP contribution in [-0.2, 0) is 6.42 Å². The van der Waals surface area contributed by atoms with Crippen molar-refractivity contribution in [3.63, 3.8) is 0 Å². The van der Waals surface area contributed by atoms with E-state index in [2.05, 4.69) is 16.9 Å². The Labute approximate surface area is 113 Å². The summed E-state index contributed by atoms with van der Waals surface area (Å²) >= 11 is 6.27. The van der Waals surface area contributed by atoms with Gasteiger partial charge in [-0.2, -0.15) is 0 Å². The molecule has 1 aromatic carbocycles. The highest BCUT2D eigenvalue weighted by Gasteiger charge is 2.10. The van der Waals surface area contributed by atoms with Crippen LogP contribution >= 0.6 is 11.6 Å². The Morgan fingerprint density at radius 3 is 2.44 bits per heavy atom. The number of nitrogens with zero attached hydrogens (tertiary/aromatic N) is 2.